The van der Waals surface area contributed by atoms with E-state index in [1.54, 1.807) is 38.3 Å². The number of hydrogen-bond acceptors (Lipinski definition) is 8. The molecule has 2 aromatic carbocycles. The number of hydrogen-bond donors (Lipinski definition) is 1. The Morgan fingerprint density at radius 1 is 1.15 bits per heavy atom. The van der Waals surface area contributed by atoms with Gasteiger partial charge in [-0.05, 0) is 72.5 Å². The first-order chi connectivity index (χ1) is 19.9. The monoisotopic (exact) mass is 562 g/mol. The number of nitrogens with zero attached hydrogens (tertiary/aromatic N) is 5. The van der Waals surface area contributed by atoms with Gasteiger partial charge in [0.25, 0.3) is 0 Å². The lowest BCUT2D eigenvalue weighted by atomic mass is 10.0. The SMILES string of the molecule is COc1ccc(CN(C(=O)Cn2nnc(-c3ccc(C)o3)n2)[C@@H](C(=O)NC[C@H]2CCCO2)c2ccc(F)cc2)cc1. The van der Waals surface area contributed by atoms with E-state index in [0.717, 1.165) is 23.2 Å². The van der Waals surface area contributed by atoms with Gasteiger partial charge in [-0.25, -0.2) is 4.39 Å². The summed E-state index contributed by atoms with van der Waals surface area (Å²) < 4.78 is 30.3. The summed E-state index contributed by atoms with van der Waals surface area (Å²) in [4.78, 5) is 30.2. The van der Waals surface area contributed by atoms with E-state index in [9.17, 15) is 14.0 Å². The molecule has 41 heavy (non-hydrogen) atoms. The van der Waals surface area contributed by atoms with E-state index in [-0.39, 0.29) is 25.0 Å². The summed E-state index contributed by atoms with van der Waals surface area (Å²) in [5.41, 5.74) is 1.22. The van der Waals surface area contributed by atoms with Gasteiger partial charge in [0.05, 0.1) is 13.2 Å². The number of aromatic nitrogens is 4. The molecule has 2 aromatic heterocycles. The third-order valence-corrected chi connectivity index (χ3v) is 6.80. The molecule has 1 saturated heterocycles. The highest BCUT2D eigenvalue weighted by Crippen LogP contribution is 2.26. The molecule has 1 aliphatic rings. The molecule has 4 aromatic rings. The van der Waals surface area contributed by atoms with E-state index in [1.807, 2.05) is 12.1 Å². The van der Waals surface area contributed by atoms with E-state index in [0.29, 0.717) is 36.0 Å². The molecule has 0 aliphatic carbocycles. The molecular weight excluding hydrogens is 531 g/mol. The van der Waals surface area contributed by atoms with Crippen LogP contribution in [0.15, 0.2) is 65.1 Å². The smallest absolute Gasteiger partial charge is 0.247 e. The number of aryl methyl sites for hydroxylation is 1. The minimum Gasteiger partial charge on any atom is -0.497 e. The fourth-order valence-electron chi connectivity index (χ4n) is 4.66. The van der Waals surface area contributed by atoms with Gasteiger partial charge in [-0.15, -0.1) is 10.2 Å². The second kappa shape index (κ2) is 12.7. The van der Waals surface area contributed by atoms with Crippen molar-refractivity contribution in [2.75, 3.05) is 20.3 Å². The van der Waals surface area contributed by atoms with Crippen LogP contribution in [0.1, 0.15) is 35.8 Å². The summed E-state index contributed by atoms with van der Waals surface area (Å²) in [5, 5.41) is 15.2. The van der Waals surface area contributed by atoms with Gasteiger partial charge in [-0.2, -0.15) is 4.80 Å². The number of halogens is 1. The van der Waals surface area contributed by atoms with Crippen LogP contribution in [0, 0.1) is 12.7 Å². The number of nitrogens with one attached hydrogen (secondary N) is 1. The summed E-state index contributed by atoms with van der Waals surface area (Å²) in [6, 6.07) is 15.2. The maximum Gasteiger partial charge on any atom is 0.247 e. The molecule has 2 atom stereocenters. The lowest BCUT2D eigenvalue weighted by molar-refractivity contribution is -0.142. The van der Waals surface area contributed by atoms with Crippen molar-refractivity contribution in [2.45, 2.75) is 45.0 Å². The average Bonchev–Trinajstić information content (AvgIpc) is 3.76. The summed E-state index contributed by atoms with van der Waals surface area (Å²) >= 11 is 0. The van der Waals surface area contributed by atoms with Crippen molar-refractivity contribution in [3.8, 4) is 17.3 Å². The van der Waals surface area contributed by atoms with Crippen LogP contribution in [0.5, 0.6) is 5.75 Å². The summed E-state index contributed by atoms with van der Waals surface area (Å²) in [7, 11) is 1.57. The summed E-state index contributed by atoms with van der Waals surface area (Å²) in [6.45, 7) is 2.54. The lowest BCUT2D eigenvalue weighted by Gasteiger charge is -2.31. The number of methoxy groups -OCH3 is 1. The van der Waals surface area contributed by atoms with Crippen molar-refractivity contribution in [3.05, 3.63) is 83.4 Å². The Labute approximate surface area is 236 Å². The first-order valence-corrected chi connectivity index (χ1v) is 13.3. The zero-order valence-corrected chi connectivity index (χ0v) is 22.8. The Bertz CT molecular complexity index is 1460. The Balaban J connectivity index is 1.45. The normalized spacial score (nSPS) is 15.4. The number of rotatable bonds is 11. The molecule has 0 radical (unpaired) electrons. The Kier molecular flexibility index (Phi) is 8.68. The first-order valence-electron chi connectivity index (χ1n) is 13.3. The van der Waals surface area contributed by atoms with Crippen molar-refractivity contribution in [3.63, 3.8) is 0 Å². The van der Waals surface area contributed by atoms with Gasteiger partial charge in [-0.3, -0.25) is 9.59 Å². The molecule has 0 bridgehead atoms. The average molecular weight is 563 g/mol. The minimum absolute atomic E-state index is 0.0805. The molecule has 3 heterocycles. The van der Waals surface area contributed by atoms with Crippen molar-refractivity contribution in [2.24, 2.45) is 0 Å². The number of furan rings is 1. The Morgan fingerprint density at radius 2 is 1.93 bits per heavy atom. The highest BCUT2D eigenvalue weighted by atomic mass is 19.1. The standard InChI is InChI=1S/C29H31FN6O5/c1-19-5-14-25(41-19)28-32-34-36(33-28)18-26(37)35(17-20-6-12-23(39-2)13-7-20)27(21-8-10-22(30)11-9-21)29(38)31-16-24-4-3-15-40-24/h5-14,24,27H,3-4,15-18H2,1-2H3,(H,31,38)/t24-,27-/m1/s1. The number of carbonyl (C=O) groups is 2. The van der Waals surface area contributed by atoms with E-state index < -0.39 is 23.7 Å². The topological polar surface area (TPSA) is 125 Å². The van der Waals surface area contributed by atoms with Crippen molar-refractivity contribution < 1.29 is 27.9 Å². The predicted molar refractivity (Wildman–Crippen MR) is 145 cm³/mol. The highest BCUT2D eigenvalue weighted by molar-refractivity contribution is 5.88. The second-order valence-corrected chi connectivity index (χ2v) is 9.76. The van der Waals surface area contributed by atoms with Crippen LogP contribution in [0.2, 0.25) is 0 Å². The molecule has 5 rings (SSSR count). The van der Waals surface area contributed by atoms with Gasteiger partial charge in [0.2, 0.25) is 17.6 Å². The molecule has 2 amide bonds. The molecule has 214 valence electrons. The lowest BCUT2D eigenvalue weighted by Crippen LogP contribution is -2.46. The third-order valence-electron chi connectivity index (χ3n) is 6.80. The predicted octanol–water partition coefficient (Wildman–Crippen LogP) is 3.45. The van der Waals surface area contributed by atoms with Crippen LogP contribution < -0.4 is 10.1 Å². The van der Waals surface area contributed by atoms with Crippen LogP contribution >= 0.6 is 0 Å². The third kappa shape index (κ3) is 6.95. The molecular formula is C29H31FN6O5. The maximum atomic E-state index is 13.9. The van der Waals surface area contributed by atoms with Crippen molar-refractivity contribution in [1.82, 2.24) is 30.4 Å². The molecule has 0 unspecified atom stereocenters. The van der Waals surface area contributed by atoms with Gasteiger partial charge < -0.3 is 24.1 Å². The van der Waals surface area contributed by atoms with Gasteiger partial charge in [0, 0.05) is 19.7 Å². The van der Waals surface area contributed by atoms with E-state index in [2.05, 4.69) is 20.7 Å². The molecule has 0 saturated carbocycles. The van der Waals surface area contributed by atoms with Gasteiger partial charge in [0.1, 0.15) is 29.9 Å². The second-order valence-electron chi connectivity index (χ2n) is 9.76. The fraction of sp³-hybridized carbons (Fsp3) is 0.345. The molecule has 12 heteroatoms. The molecule has 0 spiro atoms. The number of carbonyl (C=O) groups excluding carboxylic acids is 2. The molecule has 11 nitrogen and oxygen atoms in total. The minimum atomic E-state index is -1.07. The largest absolute Gasteiger partial charge is 0.497 e. The van der Waals surface area contributed by atoms with Crippen molar-refractivity contribution >= 4 is 11.8 Å². The Hall–Kier alpha value is -4.58. The number of benzene rings is 2. The fourth-order valence-corrected chi connectivity index (χ4v) is 4.66. The van der Waals surface area contributed by atoms with Gasteiger partial charge in [0.15, 0.2) is 5.76 Å². The van der Waals surface area contributed by atoms with Crippen LogP contribution in [0.25, 0.3) is 11.6 Å². The number of tetrazole rings is 1. The quantitative estimate of drug-likeness (QED) is 0.295. The number of amides is 2. The molecule has 1 fully saturated rings. The molecule has 1 aliphatic heterocycles. The van der Waals surface area contributed by atoms with Crippen LogP contribution in [-0.2, 0) is 27.4 Å². The van der Waals surface area contributed by atoms with E-state index in [1.165, 1.54) is 29.2 Å². The highest BCUT2D eigenvalue weighted by Gasteiger charge is 2.33. The van der Waals surface area contributed by atoms with E-state index >= 15 is 0 Å². The van der Waals surface area contributed by atoms with Gasteiger partial charge >= 0.3 is 0 Å². The first kappa shape index (κ1) is 28.0. The Morgan fingerprint density at radius 3 is 2.59 bits per heavy atom. The van der Waals surface area contributed by atoms with Crippen LogP contribution in [0.3, 0.4) is 0 Å². The van der Waals surface area contributed by atoms with Gasteiger partial charge in [-0.1, -0.05) is 24.3 Å². The van der Waals surface area contributed by atoms with Crippen LogP contribution in [0.4, 0.5) is 4.39 Å². The maximum absolute atomic E-state index is 13.9. The summed E-state index contributed by atoms with van der Waals surface area (Å²) in [5.74, 6) is 0.700. The van der Waals surface area contributed by atoms with E-state index in [4.69, 9.17) is 13.9 Å². The molecule has 1 N–H and O–H groups in total. The summed E-state index contributed by atoms with van der Waals surface area (Å²) in [6.07, 6.45) is 1.67. The zero-order chi connectivity index (χ0) is 28.8. The van der Waals surface area contributed by atoms with Crippen LogP contribution in [-0.4, -0.2) is 63.3 Å². The van der Waals surface area contributed by atoms with Crippen molar-refractivity contribution in [1.29, 1.82) is 0 Å². The zero-order valence-electron chi connectivity index (χ0n) is 22.8. The number of ether oxygens (including phenoxy) is 2.